The highest BCUT2D eigenvalue weighted by atomic mass is 19.1. The molecule has 0 radical (unpaired) electrons. The molecule has 0 bridgehead atoms. The van der Waals surface area contributed by atoms with Gasteiger partial charge in [0.15, 0.2) is 0 Å². The Morgan fingerprint density at radius 3 is 2.44 bits per heavy atom. The summed E-state index contributed by atoms with van der Waals surface area (Å²) in [6, 6.07) is 13.8. The summed E-state index contributed by atoms with van der Waals surface area (Å²) in [6.07, 6.45) is 2.36. The van der Waals surface area contributed by atoms with Gasteiger partial charge in [-0.1, -0.05) is 30.3 Å². The van der Waals surface area contributed by atoms with Crippen molar-refractivity contribution >= 4 is 12.0 Å². The van der Waals surface area contributed by atoms with Gasteiger partial charge in [-0.2, -0.15) is 0 Å². The monoisotopic (exact) mass is 242 g/mol. The van der Waals surface area contributed by atoms with Gasteiger partial charge in [-0.15, -0.1) is 0 Å². The van der Waals surface area contributed by atoms with E-state index in [1.54, 1.807) is 6.07 Å². The summed E-state index contributed by atoms with van der Waals surface area (Å²) >= 11 is 0. The Morgan fingerprint density at radius 1 is 1.06 bits per heavy atom. The molecule has 0 aliphatic rings. The van der Waals surface area contributed by atoms with Crippen LogP contribution in [0.3, 0.4) is 0 Å². The molecule has 0 aliphatic heterocycles. The Bertz CT molecular complexity index is 589. The second-order valence-corrected chi connectivity index (χ2v) is 3.81. The zero-order valence-electron chi connectivity index (χ0n) is 9.51. The third-order valence-corrected chi connectivity index (χ3v) is 2.45. The molecular formula is C15H11FO2. The second kappa shape index (κ2) is 5.27. The SMILES string of the molecule is O=C(O)/C=C/c1cc(F)cc(-c2ccccc2)c1. The number of aliphatic carboxylic acids is 1. The molecule has 0 saturated carbocycles. The van der Waals surface area contributed by atoms with Gasteiger partial charge in [0.25, 0.3) is 0 Å². The zero-order valence-corrected chi connectivity index (χ0v) is 9.51. The molecule has 90 valence electrons. The summed E-state index contributed by atoms with van der Waals surface area (Å²) in [7, 11) is 0. The first-order valence-electron chi connectivity index (χ1n) is 5.42. The molecule has 0 aromatic heterocycles. The molecule has 18 heavy (non-hydrogen) atoms. The lowest BCUT2D eigenvalue weighted by molar-refractivity contribution is -0.131. The van der Waals surface area contributed by atoms with Crippen molar-refractivity contribution in [3.63, 3.8) is 0 Å². The molecule has 2 aromatic rings. The average molecular weight is 242 g/mol. The molecule has 2 nitrogen and oxygen atoms in total. The highest BCUT2D eigenvalue weighted by molar-refractivity contribution is 5.85. The lowest BCUT2D eigenvalue weighted by Gasteiger charge is -2.03. The van der Waals surface area contributed by atoms with Gasteiger partial charge < -0.3 is 5.11 Å². The van der Waals surface area contributed by atoms with E-state index in [1.165, 1.54) is 18.2 Å². The van der Waals surface area contributed by atoms with Crippen LogP contribution in [-0.4, -0.2) is 11.1 Å². The number of benzene rings is 2. The zero-order chi connectivity index (χ0) is 13.0. The first-order chi connectivity index (χ1) is 8.65. The van der Waals surface area contributed by atoms with Gasteiger partial charge >= 0.3 is 5.97 Å². The van der Waals surface area contributed by atoms with E-state index in [2.05, 4.69) is 0 Å². The molecule has 1 N–H and O–H groups in total. The predicted octanol–water partition coefficient (Wildman–Crippen LogP) is 3.59. The summed E-state index contributed by atoms with van der Waals surface area (Å²) in [5.41, 5.74) is 2.14. The fourth-order valence-corrected chi connectivity index (χ4v) is 1.67. The van der Waals surface area contributed by atoms with E-state index < -0.39 is 5.97 Å². The van der Waals surface area contributed by atoms with E-state index >= 15 is 0 Å². The van der Waals surface area contributed by atoms with Gasteiger partial charge in [0.2, 0.25) is 0 Å². The summed E-state index contributed by atoms with van der Waals surface area (Å²) in [4.78, 5) is 10.4. The van der Waals surface area contributed by atoms with Crippen LogP contribution in [0.25, 0.3) is 17.2 Å². The number of carbonyl (C=O) groups is 1. The lowest BCUT2D eigenvalue weighted by atomic mass is 10.0. The molecular weight excluding hydrogens is 231 g/mol. The van der Waals surface area contributed by atoms with Gasteiger partial charge in [0, 0.05) is 6.08 Å². The topological polar surface area (TPSA) is 37.3 Å². The van der Waals surface area contributed by atoms with Crippen LogP contribution in [0.2, 0.25) is 0 Å². The number of hydrogen-bond acceptors (Lipinski definition) is 1. The highest BCUT2D eigenvalue weighted by Crippen LogP contribution is 2.22. The first-order valence-corrected chi connectivity index (χ1v) is 5.42. The van der Waals surface area contributed by atoms with Crippen molar-refractivity contribution in [3.05, 3.63) is 66.0 Å². The van der Waals surface area contributed by atoms with Crippen molar-refractivity contribution in [2.75, 3.05) is 0 Å². The molecule has 0 unspecified atom stereocenters. The lowest BCUT2D eigenvalue weighted by Crippen LogP contribution is -1.87. The molecule has 0 spiro atoms. The molecule has 0 aliphatic carbocycles. The fraction of sp³-hybridized carbons (Fsp3) is 0. The largest absolute Gasteiger partial charge is 0.478 e. The number of carboxylic acids is 1. The molecule has 0 fully saturated rings. The van der Waals surface area contributed by atoms with Gasteiger partial charge in [0.1, 0.15) is 5.82 Å². The smallest absolute Gasteiger partial charge is 0.328 e. The van der Waals surface area contributed by atoms with E-state index in [-0.39, 0.29) is 5.82 Å². The van der Waals surface area contributed by atoms with Crippen molar-refractivity contribution in [1.82, 2.24) is 0 Å². The summed E-state index contributed by atoms with van der Waals surface area (Å²) in [6.45, 7) is 0. The van der Waals surface area contributed by atoms with Crippen LogP contribution < -0.4 is 0 Å². The Labute approximate surface area is 104 Å². The maximum absolute atomic E-state index is 13.5. The maximum atomic E-state index is 13.5. The van der Waals surface area contributed by atoms with Gasteiger partial charge in [-0.3, -0.25) is 0 Å². The van der Waals surface area contributed by atoms with Crippen molar-refractivity contribution in [2.45, 2.75) is 0 Å². The van der Waals surface area contributed by atoms with Gasteiger partial charge in [0.05, 0.1) is 0 Å². The minimum absolute atomic E-state index is 0.388. The normalized spacial score (nSPS) is 10.7. The predicted molar refractivity (Wildman–Crippen MR) is 68.5 cm³/mol. The van der Waals surface area contributed by atoms with Crippen molar-refractivity contribution in [1.29, 1.82) is 0 Å². The highest BCUT2D eigenvalue weighted by Gasteiger charge is 2.01. The van der Waals surface area contributed by atoms with E-state index in [1.807, 2.05) is 30.3 Å². The third kappa shape index (κ3) is 3.04. The van der Waals surface area contributed by atoms with E-state index in [0.717, 1.165) is 17.2 Å². The number of hydrogen-bond donors (Lipinski definition) is 1. The Balaban J connectivity index is 2.41. The third-order valence-electron chi connectivity index (χ3n) is 2.45. The van der Waals surface area contributed by atoms with Crippen LogP contribution in [0.4, 0.5) is 4.39 Å². The Morgan fingerprint density at radius 2 is 1.78 bits per heavy atom. The van der Waals surface area contributed by atoms with Crippen molar-refractivity contribution in [3.8, 4) is 11.1 Å². The standard InChI is InChI=1S/C15H11FO2/c16-14-9-11(6-7-15(17)18)8-13(10-14)12-4-2-1-3-5-12/h1-10H,(H,17,18)/b7-6+. The van der Waals surface area contributed by atoms with Crippen molar-refractivity contribution in [2.24, 2.45) is 0 Å². The maximum Gasteiger partial charge on any atom is 0.328 e. The van der Waals surface area contributed by atoms with Gasteiger partial charge in [-0.05, 0) is 41.0 Å². The van der Waals surface area contributed by atoms with Crippen LogP contribution in [0.1, 0.15) is 5.56 Å². The van der Waals surface area contributed by atoms with Crippen molar-refractivity contribution < 1.29 is 14.3 Å². The summed E-state index contributed by atoms with van der Waals surface area (Å²) < 4.78 is 13.5. The van der Waals surface area contributed by atoms with Crippen LogP contribution in [0.15, 0.2) is 54.6 Å². The molecule has 3 heteroatoms. The molecule has 0 heterocycles. The van der Waals surface area contributed by atoms with E-state index in [0.29, 0.717) is 5.56 Å². The molecule has 0 saturated heterocycles. The number of halogens is 1. The molecule has 0 atom stereocenters. The average Bonchev–Trinajstić information content (AvgIpc) is 2.37. The van der Waals surface area contributed by atoms with Crippen LogP contribution in [0, 0.1) is 5.82 Å². The minimum atomic E-state index is -1.06. The van der Waals surface area contributed by atoms with Gasteiger partial charge in [-0.25, -0.2) is 9.18 Å². The van der Waals surface area contributed by atoms with E-state index in [4.69, 9.17) is 5.11 Å². The quantitative estimate of drug-likeness (QED) is 0.835. The first kappa shape index (κ1) is 12.0. The fourth-order valence-electron chi connectivity index (χ4n) is 1.67. The number of rotatable bonds is 3. The minimum Gasteiger partial charge on any atom is -0.478 e. The molecule has 0 amide bonds. The Kier molecular flexibility index (Phi) is 3.53. The van der Waals surface area contributed by atoms with Crippen LogP contribution >= 0.6 is 0 Å². The van der Waals surface area contributed by atoms with Crippen LogP contribution in [-0.2, 0) is 4.79 Å². The molecule has 2 rings (SSSR count). The Hall–Kier alpha value is -2.42. The van der Waals surface area contributed by atoms with Crippen LogP contribution in [0.5, 0.6) is 0 Å². The summed E-state index contributed by atoms with van der Waals surface area (Å²) in [5.74, 6) is -1.44. The van der Waals surface area contributed by atoms with E-state index in [9.17, 15) is 9.18 Å². The number of carboxylic acid groups (broad SMARTS) is 1. The molecule has 2 aromatic carbocycles. The summed E-state index contributed by atoms with van der Waals surface area (Å²) in [5, 5.41) is 8.55. The second-order valence-electron chi connectivity index (χ2n) is 3.81.